The van der Waals surface area contributed by atoms with Gasteiger partial charge in [0.05, 0.1) is 10.6 Å². The van der Waals surface area contributed by atoms with Gasteiger partial charge in [-0.05, 0) is 18.2 Å². The van der Waals surface area contributed by atoms with Crippen molar-refractivity contribution in [1.82, 2.24) is 4.90 Å². The number of likely N-dealkylation sites (tertiary alicyclic amines) is 1. The molecule has 0 spiro atoms. The Morgan fingerprint density at radius 2 is 2.12 bits per heavy atom. The second-order valence-corrected chi connectivity index (χ2v) is 7.31. The SMILES string of the molecule is NC1(COC=O)CN(C(=O)c2sc3ccc(OC(F)(F)F)cc3c2Cl)C1. The molecule has 1 amide bonds. The van der Waals surface area contributed by atoms with Crippen LogP contribution < -0.4 is 10.5 Å². The van der Waals surface area contributed by atoms with Crippen molar-refractivity contribution in [3.05, 3.63) is 28.1 Å². The van der Waals surface area contributed by atoms with Crippen LogP contribution in [0.5, 0.6) is 5.75 Å². The average molecular weight is 409 g/mol. The third kappa shape index (κ3) is 3.71. The van der Waals surface area contributed by atoms with Crippen LogP contribution in [-0.2, 0) is 9.53 Å². The van der Waals surface area contributed by atoms with Gasteiger partial charge in [0, 0.05) is 23.2 Å². The van der Waals surface area contributed by atoms with Crippen LogP contribution in [0.2, 0.25) is 5.02 Å². The van der Waals surface area contributed by atoms with Gasteiger partial charge in [-0.3, -0.25) is 9.59 Å². The summed E-state index contributed by atoms with van der Waals surface area (Å²) in [5.74, 6) is -0.804. The standard InChI is InChI=1S/C15H12ClF3N2O4S/c16-11-9-3-8(25-15(17,18)19)1-2-10(9)26-12(11)13(23)21-4-14(20,5-21)6-24-7-22/h1-3,7H,4-6,20H2. The molecule has 3 rings (SSSR count). The summed E-state index contributed by atoms with van der Waals surface area (Å²) in [7, 11) is 0. The molecule has 1 aromatic heterocycles. The third-order valence-electron chi connectivity index (χ3n) is 3.76. The number of hydrogen-bond acceptors (Lipinski definition) is 6. The Bertz CT molecular complexity index is 864. The fourth-order valence-electron chi connectivity index (χ4n) is 2.67. The molecule has 11 heteroatoms. The Hall–Kier alpha value is -2.04. The maximum absolute atomic E-state index is 12.6. The van der Waals surface area contributed by atoms with E-state index < -0.39 is 17.7 Å². The van der Waals surface area contributed by atoms with Crippen molar-refractivity contribution in [2.24, 2.45) is 5.73 Å². The Labute approximate surface area is 154 Å². The van der Waals surface area contributed by atoms with E-state index in [2.05, 4.69) is 9.47 Å². The molecule has 0 unspecified atom stereocenters. The first-order chi connectivity index (χ1) is 12.1. The average Bonchev–Trinajstić information content (AvgIpc) is 2.85. The van der Waals surface area contributed by atoms with E-state index in [4.69, 9.17) is 17.3 Å². The molecule has 2 N–H and O–H groups in total. The first-order valence-electron chi connectivity index (χ1n) is 7.23. The van der Waals surface area contributed by atoms with E-state index in [0.29, 0.717) is 10.1 Å². The van der Waals surface area contributed by atoms with E-state index in [1.165, 1.54) is 11.0 Å². The largest absolute Gasteiger partial charge is 0.573 e. The van der Waals surface area contributed by atoms with E-state index in [-0.39, 0.29) is 42.0 Å². The quantitative estimate of drug-likeness (QED) is 0.769. The van der Waals surface area contributed by atoms with Crippen LogP contribution in [0.15, 0.2) is 18.2 Å². The minimum Gasteiger partial charge on any atom is -0.466 e. The maximum Gasteiger partial charge on any atom is 0.573 e. The number of amides is 1. The molecule has 26 heavy (non-hydrogen) atoms. The zero-order chi connectivity index (χ0) is 19.1. The number of carbonyl (C=O) groups excluding carboxylic acids is 2. The van der Waals surface area contributed by atoms with E-state index in [9.17, 15) is 22.8 Å². The van der Waals surface area contributed by atoms with E-state index >= 15 is 0 Å². The van der Waals surface area contributed by atoms with Crippen LogP contribution in [0.25, 0.3) is 10.1 Å². The molecule has 0 atom stereocenters. The highest BCUT2D eigenvalue weighted by Crippen LogP contribution is 2.39. The molecule has 0 saturated carbocycles. The Morgan fingerprint density at radius 1 is 1.42 bits per heavy atom. The first-order valence-corrected chi connectivity index (χ1v) is 8.42. The lowest BCUT2D eigenvalue weighted by Gasteiger charge is -2.46. The number of thiophene rings is 1. The van der Waals surface area contributed by atoms with Crippen LogP contribution in [0.3, 0.4) is 0 Å². The minimum atomic E-state index is -4.82. The lowest BCUT2D eigenvalue weighted by Crippen LogP contribution is -2.70. The summed E-state index contributed by atoms with van der Waals surface area (Å²) < 4.78 is 46.1. The molecule has 0 aliphatic carbocycles. The summed E-state index contributed by atoms with van der Waals surface area (Å²) in [5.41, 5.74) is 5.14. The van der Waals surface area contributed by atoms with Crippen molar-refractivity contribution in [2.75, 3.05) is 19.7 Å². The van der Waals surface area contributed by atoms with Crippen molar-refractivity contribution in [3.63, 3.8) is 0 Å². The van der Waals surface area contributed by atoms with Crippen LogP contribution in [0.1, 0.15) is 9.67 Å². The van der Waals surface area contributed by atoms with Crippen molar-refractivity contribution < 1.29 is 32.2 Å². The molecule has 0 bridgehead atoms. The van der Waals surface area contributed by atoms with Gasteiger partial charge in [-0.25, -0.2) is 0 Å². The number of benzene rings is 1. The fourth-order valence-corrected chi connectivity index (χ4v) is 4.13. The number of nitrogens with two attached hydrogens (primary N) is 1. The van der Waals surface area contributed by atoms with Gasteiger partial charge in [0.25, 0.3) is 12.4 Å². The van der Waals surface area contributed by atoms with Crippen molar-refractivity contribution in [3.8, 4) is 5.75 Å². The highest BCUT2D eigenvalue weighted by molar-refractivity contribution is 7.21. The molecule has 1 aliphatic heterocycles. The molecule has 1 aromatic carbocycles. The van der Waals surface area contributed by atoms with Gasteiger partial charge < -0.3 is 20.1 Å². The normalized spacial score (nSPS) is 16.3. The molecule has 2 heterocycles. The zero-order valence-electron chi connectivity index (χ0n) is 13.0. The van der Waals surface area contributed by atoms with Gasteiger partial charge in [-0.1, -0.05) is 11.6 Å². The number of carbonyl (C=O) groups is 2. The molecular weight excluding hydrogens is 397 g/mol. The molecular formula is C15H12ClF3N2O4S. The van der Waals surface area contributed by atoms with E-state index in [1.54, 1.807) is 0 Å². The number of rotatable bonds is 5. The minimum absolute atomic E-state index is 0.0153. The first kappa shape index (κ1) is 18.7. The second-order valence-electron chi connectivity index (χ2n) is 5.88. The summed E-state index contributed by atoms with van der Waals surface area (Å²) in [4.78, 5) is 24.4. The summed E-state index contributed by atoms with van der Waals surface area (Å²) in [5, 5.41) is 0.354. The van der Waals surface area contributed by atoms with Gasteiger partial charge in [0.1, 0.15) is 17.2 Å². The number of alkyl halides is 3. The highest BCUT2D eigenvalue weighted by atomic mass is 35.5. The molecule has 1 aliphatic rings. The maximum atomic E-state index is 12.6. The fraction of sp³-hybridized carbons (Fsp3) is 0.333. The zero-order valence-corrected chi connectivity index (χ0v) is 14.6. The molecule has 140 valence electrons. The van der Waals surface area contributed by atoms with E-state index in [0.717, 1.165) is 23.5 Å². The predicted octanol–water partition coefficient (Wildman–Crippen LogP) is 2.78. The Balaban J connectivity index is 1.79. The van der Waals surface area contributed by atoms with Gasteiger partial charge in [0.15, 0.2) is 0 Å². The van der Waals surface area contributed by atoms with Crippen molar-refractivity contribution >= 4 is 45.4 Å². The third-order valence-corrected chi connectivity index (χ3v) is 5.43. The van der Waals surface area contributed by atoms with E-state index in [1.807, 2.05) is 0 Å². The summed E-state index contributed by atoms with van der Waals surface area (Å²) >= 11 is 7.26. The number of nitrogens with zero attached hydrogens (tertiary/aromatic N) is 1. The lowest BCUT2D eigenvalue weighted by atomic mass is 9.92. The number of hydrogen-bond donors (Lipinski definition) is 1. The van der Waals surface area contributed by atoms with Crippen LogP contribution in [0.4, 0.5) is 13.2 Å². The molecule has 2 aromatic rings. The molecule has 1 fully saturated rings. The molecule has 0 radical (unpaired) electrons. The summed E-state index contributed by atoms with van der Waals surface area (Å²) in [6.07, 6.45) is -4.82. The Kier molecular flexibility index (Phi) is 4.76. The smallest absolute Gasteiger partial charge is 0.466 e. The van der Waals surface area contributed by atoms with Crippen molar-refractivity contribution in [1.29, 1.82) is 0 Å². The van der Waals surface area contributed by atoms with Gasteiger partial charge in [-0.15, -0.1) is 24.5 Å². The topological polar surface area (TPSA) is 81.9 Å². The van der Waals surface area contributed by atoms with Gasteiger partial charge >= 0.3 is 6.36 Å². The van der Waals surface area contributed by atoms with Crippen molar-refractivity contribution in [2.45, 2.75) is 11.9 Å². The van der Waals surface area contributed by atoms with Gasteiger partial charge in [-0.2, -0.15) is 0 Å². The highest BCUT2D eigenvalue weighted by Gasteiger charge is 2.43. The monoisotopic (exact) mass is 408 g/mol. The molecule has 6 nitrogen and oxygen atoms in total. The lowest BCUT2D eigenvalue weighted by molar-refractivity contribution is -0.274. The van der Waals surface area contributed by atoms with Gasteiger partial charge in [0.2, 0.25) is 0 Å². The number of fused-ring (bicyclic) bond motifs is 1. The molecule has 1 saturated heterocycles. The Morgan fingerprint density at radius 3 is 2.73 bits per heavy atom. The number of halogens is 4. The summed E-state index contributed by atoms with van der Waals surface area (Å²) in [6.45, 7) is 0.612. The number of ether oxygens (including phenoxy) is 2. The second kappa shape index (κ2) is 6.60. The summed E-state index contributed by atoms with van der Waals surface area (Å²) in [6, 6.07) is 3.70. The predicted molar refractivity (Wildman–Crippen MR) is 88.4 cm³/mol. The van der Waals surface area contributed by atoms with Crippen LogP contribution in [-0.4, -0.2) is 48.9 Å². The van der Waals surface area contributed by atoms with Crippen LogP contribution >= 0.6 is 22.9 Å². The van der Waals surface area contributed by atoms with Crippen LogP contribution in [0, 0.1) is 0 Å².